The average Bonchev–Trinajstić information content (AvgIpc) is 3.04. The lowest BCUT2D eigenvalue weighted by atomic mass is 9.66. The molecule has 1 spiro atoms. The van der Waals surface area contributed by atoms with E-state index in [0.717, 1.165) is 6.54 Å². The van der Waals surface area contributed by atoms with Crippen molar-refractivity contribution in [2.75, 3.05) is 6.54 Å². The quantitative estimate of drug-likeness (QED) is 0.870. The van der Waals surface area contributed by atoms with Gasteiger partial charge in [0.05, 0.1) is 5.60 Å². The molecule has 1 aromatic rings. The van der Waals surface area contributed by atoms with Gasteiger partial charge in [-0.25, -0.2) is 0 Å². The molecule has 142 valence electrons. The zero-order valence-corrected chi connectivity index (χ0v) is 16.7. The Bertz CT molecular complexity index is 702. The SMILES string of the molecule is CC(C)c1cccc([C@@H]2CCC3(C2)CN(C(=O)C2CC(C)(O)C2)C3C)c1. The molecule has 3 aliphatic rings. The Labute approximate surface area is 157 Å². The number of hydrogen-bond acceptors (Lipinski definition) is 2. The maximum Gasteiger partial charge on any atom is 0.226 e. The van der Waals surface area contributed by atoms with Crippen LogP contribution in [0.5, 0.6) is 0 Å². The monoisotopic (exact) mass is 355 g/mol. The molecule has 1 N–H and O–H groups in total. The normalized spacial score (nSPS) is 39.2. The van der Waals surface area contributed by atoms with E-state index < -0.39 is 5.60 Å². The summed E-state index contributed by atoms with van der Waals surface area (Å²) < 4.78 is 0. The molecule has 0 aromatic heterocycles. The minimum absolute atomic E-state index is 0.0460. The van der Waals surface area contributed by atoms with Crippen molar-refractivity contribution < 1.29 is 9.90 Å². The summed E-state index contributed by atoms with van der Waals surface area (Å²) >= 11 is 0. The molecule has 4 rings (SSSR count). The summed E-state index contributed by atoms with van der Waals surface area (Å²) in [6.07, 6.45) is 4.95. The summed E-state index contributed by atoms with van der Waals surface area (Å²) in [6, 6.07) is 9.48. The zero-order chi connectivity index (χ0) is 18.7. The first kappa shape index (κ1) is 18.0. The Hall–Kier alpha value is -1.35. The summed E-state index contributed by atoms with van der Waals surface area (Å²) in [5, 5.41) is 9.93. The van der Waals surface area contributed by atoms with Crippen molar-refractivity contribution in [3.63, 3.8) is 0 Å². The molecule has 3 atom stereocenters. The summed E-state index contributed by atoms with van der Waals surface area (Å²) in [5.41, 5.74) is 2.62. The third-order valence-corrected chi connectivity index (χ3v) is 7.54. The summed E-state index contributed by atoms with van der Waals surface area (Å²) in [7, 11) is 0. The number of likely N-dealkylation sites (tertiary alicyclic amines) is 1. The van der Waals surface area contributed by atoms with Crippen molar-refractivity contribution in [2.45, 2.75) is 83.3 Å². The van der Waals surface area contributed by atoms with Crippen LogP contribution in [0.3, 0.4) is 0 Å². The molecule has 1 saturated heterocycles. The fourth-order valence-corrected chi connectivity index (χ4v) is 5.64. The number of aliphatic hydroxyl groups is 1. The van der Waals surface area contributed by atoms with Crippen molar-refractivity contribution >= 4 is 5.91 Å². The van der Waals surface area contributed by atoms with E-state index in [4.69, 9.17) is 0 Å². The summed E-state index contributed by atoms with van der Waals surface area (Å²) in [4.78, 5) is 14.8. The van der Waals surface area contributed by atoms with E-state index in [2.05, 4.69) is 49.9 Å². The lowest BCUT2D eigenvalue weighted by molar-refractivity contribution is -0.169. The third kappa shape index (κ3) is 2.89. The van der Waals surface area contributed by atoms with Gasteiger partial charge in [0.25, 0.3) is 0 Å². The Morgan fingerprint density at radius 1 is 1.27 bits per heavy atom. The lowest BCUT2D eigenvalue weighted by Crippen LogP contribution is -2.66. The Balaban J connectivity index is 1.40. The van der Waals surface area contributed by atoms with E-state index in [1.54, 1.807) is 0 Å². The number of rotatable bonds is 3. The highest BCUT2D eigenvalue weighted by atomic mass is 16.3. The lowest BCUT2D eigenvalue weighted by Gasteiger charge is -2.57. The molecule has 3 heteroatoms. The van der Waals surface area contributed by atoms with Crippen LogP contribution in [0.1, 0.15) is 82.8 Å². The molecule has 1 heterocycles. The number of amides is 1. The van der Waals surface area contributed by atoms with Crippen molar-refractivity contribution in [1.29, 1.82) is 0 Å². The van der Waals surface area contributed by atoms with Crippen LogP contribution in [-0.4, -0.2) is 34.1 Å². The van der Waals surface area contributed by atoms with Crippen molar-refractivity contribution in [3.05, 3.63) is 35.4 Å². The first-order valence-corrected chi connectivity index (χ1v) is 10.3. The van der Waals surface area contributed by atoms with Crippen LogP contribution in [0.4, 0.5) is 0 Å². The van der Waals surface area contributed by atoms with Gasteiger partial charge in [0.2, 0.25) is 5.91 Å². The second-order valence-corrected chi connectivity index (χ2v) is 9.87. The van der Waals surface area contributed by atoms with Crippen LogP contribution in [0, 0.1) is 11.3 Å². The van der Waals surface area contributed by atoms with Crippen LogP contribution >= 0.6 is 0 Å². The predicted octanol–water partition coefficient (Wildman–Crippen LogP) is 4.46. The third-order valence-electron chi connectivity index (χ3n) is 7.54. The van der Waals surface area contributed by atoms with Gasteiger partial charge in [-0.15, -0.1) is 0 Å². The summed E-state index contributed by atoms with van der Waals surface area (Å²) in [5.74, 6) is 1.53. The molecule has 2 aliphatic carbocycles. The number of carbonyl (C=O) groups excluding carboxylic acids is 1. The Morgan fingerprint density at radius 2 is 2.00 bits per heavy atom. The molecular formula is C23H33NO2. The fraction of sp³-hybridized carbons (Fsp3) is 0.696. The first-order valence-electron chi connectivity index (χ1n) is 10.3. The van der Waals surface area contributed by atoms with Gasteiger partial charge >= 0.3 is 0 Å². The molecule has 3 nitrogen and oxygen atoms in total. The molecule has 0 bridgehead atoms. The standard InChI is InChI=1S/C23H33NO2/c1-15(2)17-6-5-7-18(10-17)19-8-9-23(13-19)14-24(16(23)3)21(25)20-11-22(4,26)12-20/h5-7,10,15-16,19-20,26H,8-9,11-14H2,1-4H3/t16?,19-,20?,22?,23?/m1/s1. The molecule has 2 saturated carbocycles. The maximum absolute atomic E-state index is 12.7. The predicted molar refractivity (Wildman–Crippen MR) is 104 cm³/mol. The zero-order valence-electron chi connectivity index (χ0n) is 16.7. The van der Waals surface area contributed by atoms with E-state index in [0.29, 0.717) is 36.1 Å². The second kappa shape index (κ2) is 6.09. The molecule has 0 radical (unpaired) electrons. The fourth-order valence-electron chi connectivity index (χ4n) is 5.64. The Morgan fingerprint density at radius 3 is 2.62 bits per heavy atom. The van der Waals surface area contributed by atoms with Gasteiger partial charge in [0.1, 0.15) is 0 Å². The van der Waals surface area contributed by atoms with Gasteiger partial charge in [0, 0.05) is 23.9 Å². The van der Waals surface area contributed by atoms with Gasteiger partial charge < -0.3 is 10.0 Å². The molecule has 1 aromatic carbocycles. The van der Waals surface area contributed by atoms with E-state index in [1.807, 2.05) is 6.92 Å². The number of nitrogens with zero attached hydrogens (tertiary/aromatic N) is 1. The van der Waals surface area contributed by atoms with Crippen LogP contribution < -0.4 is 0 Å². The van der Waals surface area contributed by atoms with E-state index >= 15 is 0 Å². The van der Waals surface area contributed by atoms with Gasteiger partial charge in [-0.2, -0.15) is 0 Å². The topological polar surface area (TPSA) is 40.5 Å². The van der Waals surface area contributed by atoms with E-state index in [1.165, 1.54) is 30.4 Å². The van der Waals surface area contributed by atoms with E-state index in [-0.39, 0.29) is 11.8 Å². The second-order valence-electron chi connectivity index (χ2n) is 9.87. The maximum atomic E-state index is 12.7. The molecule has 3 fully saturated rings. The average molecular weight is 356 g/mol. The summed E-state index contributed by atoms with van der Waals surface area (Å²) in [6.45, 7) is 9.51. The van der Waals surface area contributed by atoms with Crippen LogP contribution in [0.15, 0.2) is 24.3 Å². The minimum atomic E-state index is -0.619. The number of hydrogen-bond donors (Lipinski definition) is 1. The van der Waals surface area contributed by atoms with Crippen molar-refractivity contribution in [2.24, 2.45) is 11.3 Å². The number of benzene rings is 1. The van der Waals surface area contributed by atoms with E-state index in [9.17, 15) is 9.90 Å². The van der Waals surface area contributed by atoms with Gasteiger partial charge in [0.15, 0.2) is 0 Å². The smallest absolute Gasteiger partial charge is 0.226 e. The minimum Gasteiger partial charge on any atom is -0.390 e. The van der Waals surface area contributed by atoms with Crippen LogP contribution in [0.2, 0.25) is 0 Å². The highest BCUT2D eigenvalue weighted by Crippen LogP contribution is 2.56. The highest BCUT2D eigenvalue weighted by Gasteiger charge is 2.57. The molecular weight excluding hydrogens is 322 g/mol. The Kier molecular flexibility index (Phi) is 4.22. The van der Waals surface area contributed by atoms with Crippen LogP contribution in [-0.2, 0) is 4.79 Å². The number of carbonyl (C=O) groups is 1. The van der Waals surface area contributed by atoms with Gasteiger partial charge in [-0.1, -0.05) is 38.1 Å². The van der Waals surface area contributed by atoms with Crippen LogP contribution in [0.25, 0.3) is 0 Å². The van der Waals surface area contributed by atoms with Crippen molar-refractivity contribution in [3.8, 4) is 0 Å². The first-order chi connectivity index (χ1) is 12.2. The molecule has 26 heavy (non-hydrogen) atoms. The van der Waals surface area contributed by atoms with Crippen molar-refractivity contribution in [1.82, 2.24) is 4.90 Å². The largest absolute Gasteiger partial charge is 0.390 e. The molecule has 1 amide bonds. The highest BCUT2D eigenvalue weighted by molar-refractivity contribution is 5.81. The molecule has 2 unspecified atom stereocenters. The van der Waals surface area contributed by atoms with Gasteiger partial charge in [-0.3, -0.25) is 4.79 Å². The molecule has 1 aliphatic heterocycles. The van der Waals surface area contributed by atoms with Gasteiger partial charge in [-0.05, 0) is 68.9 Å².